The summed E-state index contributed by atoms with van der Waals surface area (Å²) in [5, 5.41) is 6.39. The van der Waals surface area contributed by atoms with Gasteiger partial charge in [-0.2, -0.15) is 11.8 Å². The number of halogens is 1. The molecule has 164 valence electrons. The van der Waals surface area contributed by atoms with Gasteiger partial charge in [-0.15, -0.1) is 24.0 Å². The van der Waals surface area contributed by atoms with Crippen molar-refractivity contribution < 1.29 is 14.3 Å². The molecule has 2 aliphatic rings. The Hall–Kier alpha value is -0.420. The first-order chi connectivity index (χ1) is 12.8. The molecule has 2 N–H and O–H groups in total. The molecule has 7 nitrogen and oxygen atoms in total. The highest BCUT2D eigenvalue weighted by Gasteiger charge is 2.33. The van der Waals surface area contributed by atoms with Gasteiger partial charge < -0.3 is 25.0 Å². The zero-order valence-corrected chi connectivity index (χ0v) is 21.0. The van der Waals surface area contributed by atoms with Crippen LogP contribution in [0.3, 0.4) is 0 Å². The molecule has 28 heavy (non-hydrogen) atoms. The fourth-order valence-electron chi connectivity index (χ4n) is 3.36. The highest BCUT2D eigenvalue weighted by atomic mass is 127. The van der Waals surface area contributed by atoms with E-state index < -0.39 is 5.60 Å². The SMILES string of the molecule is CCNC(=NCC1(SC)CCOCC1)N1CCC(NC(=O)OC(C)(C)C)C1.I. The van der Waals surface area contributed by atoms with Gasteiger partial charge in [-0.1, -0.05) is 0 Å². The fourth-order valence-corrected chi connectivity index (χ4v) is 4.13. The number of likely N-dealkylation sites (tertiary alicyclic amines) is 1. The molecule has 2 aliphatic heterocycles. The largest absolute Gasteiger partial charge is 0.444 e. The van der Waals surface area contributed by atoms with E-state index in [9.17, 15) is 4.79 Å². The Kier molecular flexibility index (Phi) is 10.7. The molecule has 0 aliphatic carbocycles. The second-order valence-corrected chi connectivity index (χ2v) is 9.52. The molecule has 0 aromatic heterocycles. The zero-order valence-electron chi connectivity index (χ0n) is 17.9. The van der Waals surface area contributed by atoms with Gasteiger partial charge in [-0.25, -0.2) is 4.79 Å². The first-order valence-corrected chi connectivity index (χ1v) is 11.1. The number of carbonyl (C=O) groups is 1. The summed E-state index contributed by atoms with van der Waals surface area (Å²) in [7, 11) is 0. The van der Waals surface area contributed by atoms with E-state index in [0.717, 1.165) is 64.6 Å². The van der Waals surface area contributed by atoms with Crippen molar-refractivity contribution in [2.24, 2.45) is 4.99 Å². The summed E-state index contributed by atoms with van der Waals surface area (Å²) in [4.78, 5) is 19.2. The maximum absolute atomic E-state index is 12.0. The molecule has 0 bridgehead atoms. The Morgan fingerprint density at radius 3 is 2.61 bits per heavy atom. The van der Waals surface area contributed by atoms with Crippen molar-refractivity contribution in [3.05, 3.63) is 0 Å². The van der Waals surface area contributed by atoms with Crippen LogP contribution in [0.15, 0.2) is 4.99 Å². The van der Waals surface area contributed by atoms with Gasteiger partial charge in [-0.3, -0.25) is 4.99 Å². The van der Waals surface area contributed by atoms with Crippen LogP contribution in [0.4, 0.5) is 4.79 Å². The molecule has 2 fully saturated rings. The average Bonchev–Trinajstić information content (AvgIpc) is 3.06. The predicted molar refractivity (Wildman–Crippen MR) is 127 cm³/mol. The number of rotatable bonds is 5. The Morgan fingerprint density at radius 2 is 2.04 bits per heavy atom. The van der Waals surface area contributed by atoms with Crippen molar-refractivity contribution >= 4 is 47.8 Å². The minimum atomic E-state index is -0.478. The van der Waals surface area contributed by atoms with Crippen molar-refractivity contribution in [2.45, 2.75) is 63.3 Å². The number of hydrogen-bond acceptors (Lipinski definition) is 5. The first kappa shape index (κ1) is 25.6. The van der Waals surface area contributed by atoms with Crippen molar-refractivity contribution in [3.63, 3.8) is 0 Å². The lowest BCUT2D eigenvalue weighted by atomic mass is 9.99. The number of nitrogens with zero attached hydrogens (tertiary/aromatic N) is 2. The van der Waals surface area contributed by atoms with Crippen LogP contribution in [0.2, 0.25) is 0 Å². The van der Waals surface area contributed by atoms with Crippen molar-refractivity contribution in [2.75, 3.05) is 45.6 Å². The summed E-state index contributed by atoms with van der Waals surface area (Å²) in [6.07, 6.45) is 4.80. The molecule has 1 unspecified atom stereocenters. The van der Waals surface area contributed by atoms with Gasteiger partial charge in [0.05, 0.1) is 12.6 Å². The molecule has 0 saturated carbocycles. The van der Waals surface area contributed by atoms with Crippen LogP contribution in [0.5, 0.6) is 0 Å². The highest BCUT2D eigenvalue weighted by molar-refractivity contribution is 14.0. The summed E-state index contributed by atoms with van der Waals surface area (Å²) in [6.45, 7) is 12.6. The molecule has 2 rings (SSSR count). The van der Waals surface area contributed by atoms with Gasteiger partial charge in [0.1, 0.15) is 5.60 Å². The molecular weight excluding hydrogens is 491 g/mol. The molecular formula is C19H37IN4O3S. The first-order valence-electron chi connectivity index (χ1n) is 9.92. The maximum Gasteiger partial charge on any atom is 0.407 e. The number of alkyl carbamates (subject to hydrolysis) is 1. The second-order valence-electron chi connectivity index (χ2n) is 8.25. The summed E-state index contributed by atoms with van der Waals surface area (Å²) in [5.74, 6) is 0.936. The predicted octanol–water partition coefficient (Wildman–Crippen LogP) is 3.08. The lowest BCUT2D eigenvalue weighted by Gasteiger charge is -2.34. The standard InChI is InChI=1S/C19H36N4O3S.HI/c1-6-20-16(21-14-19(27-5)8-11-25-12-9-19)23-10-7-15(13-23)22-17(24)26-18(2,3)4;/h15H,6-14H2,1-5H3,(H,20,21)(H,22,24);1H. The van der Waals surface area contributed by atoms with Crippen LogP contribution in [0.1, 0.15) is 47.0 Å². The van der Waals surface area contributed by atoms with Crippen LogP contribution in [0, 0.1) is 0 Å². The molecule has 0 aromatic carbocycles. The van der Waals surface area contributed by atoms with E-state index in [-0.39, 0.29) is 40.9 Å². The van der Waals surface area contributed by atoms with E-state index in [0.29, 0.717) is 0 Å². The Morgan fingerprint density at radius 1 is 1.36 bits per heavy atom. The number of nitrogens with one attached hydrogen (secondary N) is 2. The molecule has 0 aromatic rings. The minimum absolute atomic E-state index is 0. The van der Waals surface area contributed by atoms with Crippen molar-refractivity contribution in [1.82, 2.24) is 15.5 Å². The third-order valence-corrected chi connectivity index (χ3v) is 6.30. The van der Waals surface area contributed by atoms with Gasteiger partial charge in [0.2, 0.25) is 0 Å². The monoisotopic (exact) mass is 528 g/mol. The maximum atomic E-state index is 12.0. The van der Waals surface area contributed by atoms with Crippen LogP contribution in [-0.4, -0.2) is 79.0 Å². The van der Waals surface area contributed by atoms with Crippen molar-refractivity contribution in [1.29, 1.82) is 0 Å². The number of aliphatic imine (C=N–C) groups is 1. The van der Waals surface area contributed by atoms with Crippen LogP contribution in [-0.2, 0) is 9.47 Å². The van der Waals surface area contributed by atoms with Gasteiger partial charge in [0.25, 0.3) is 0 Å². The lowest BCUT2D eigenvalue weighted by molar-refractivity contribution is 0.0507. The van der Waals surface area contributed by atoms with E-state index >= 15 is 0 Å². The Labute approximate surface area is 191 Å². The second kappa shape index (κ2) is 11.7. The topological polar surface area (TPSA) is 75.2 Å². The van der Waals surface area contributed by atoms with Gasteiger partial charge in [-0.05, 0) is 53.2 Å². The molecule has 1 amide bonds. The smallest absolute Gasteiger partial charge is 0.407 e. The van der Waals surface area contributed by atoms with Crippen LogP contribution >= 0.6 is 35.7 Å². The molecule has 9 heteroatoms. The zero-order chi connectivity index (χ0) is 19.9. The molecule has 2 saturated heterocycles. The van der Waals surface area contributed by atoms with Gasteiger partial charge in [0, 0.05) is 37.6 Å². The van der Waals surface area contributed by atoms with Gasteiger partial charge >= 0.3 is 6.09 Å². The molecule has 1 atom stereocenters. The highest BCUT2D eigenvalue weighted by Crippen LogP contribution is 2.34. The number of thioether (sulfide) groups is 1. The summed E-state index contributed by atoms with van der Waals surface area (Å²) in [5.41, 5.74) is -0.478. The number of ether oxygens (including phenoxy) is 2. The lowest BCUT2D eigenvalue weighted by Crippen LogP contribution is -2.45. The average molecular weight is 529 g/mol. The molecule has 2 heterocycles. The van der Waals surface area contributed by atoms with E-state index in [1.54, 1.807) is 0 Å². The third kappa shape index (κ3) is 8.14. The van der Waals surface area contributed by atoms with Gasteiger partial charge in [0.15, 0.2) is 5.96 Å². The minimum Gasteiger partial charge on any atom is -0.444 e. The van der Waals surface area contributed by atoms with Crippen LogP contribution in [0.25, 0.3) is 0 Å². The number of carbonyl (C=O) groups excluding carboxylic acids is 1. The summed E-state index contributed by atoms with van der Waals surface area (Å²) in [6, 6.07) is 0.0845. The van der Waals surface area contributed by atoms with Crippen molar-refractivity contribution in [3.8, 4) is 0 Å². The number of hydrogen-bond donors (Lipinski definition) is 2. The fraction of sp³-hybridized carbons (Fsp3) is 0.895. The van der Waals surface area contributed by atoms with Crippen LogP contribution < -0.4 is 10.6 Å². The molecule has 0 spiro atoms. The van der Waals surface area contributed by atoms with E-state index in [1.165, 1.54) is 0 Å². The Bertz CT molecular complexity index is 522. The Balaban J connectivity index is 0.00000392. The number of guanidine groups is 1. The summed E-state index contributed by atoms with van der Waals surface area (Å²) >= 11 is 1.90. The quantitative estimate of drug-likeness (QED) is 0.325. The third-order valence-electron chi connectivity index (χ3n) is 4.90. The van der Waals surface area contributed by atoms with E-state index in [1.807, 2.05) is 32.5 Å². The van der Waals surface area contributed by atoms with E-state index in [2.05, 4.69) is 28.7 Å². The molecule has 0 radical (unpaired) electrons. The normalized spacial score (nSPS) is 22.4. The summed E-state index contributed by atoms with van der Waals surface area (Å²) < 4.78 is 11.1. The van der Waals surface area contributed by atoms with E-state index in [4.69, 9.17) is 14.5 Å². The number of amides is 1.